The van der Waals surface area contributed by atoms with E-state index in [4.69, 9.17) is 9.29 Å². The number of aromatic hydroxyl groups is 1. The molecule has 0 aliphatic carbocycles. The Kier molecular flexibility index (Phi) is 5.00. The molecule has 0 radical (unpaired) electrons. The van der Waals surface area contributed by atoms with Gasteiger partial charge in [-0.3, -0.25) is 4.99 Å². The van der Waals surface area contributed by atoms with Crippen LogP contribution in [0.2, 0.25) is 0 Å². The molecule has 0 aliphatic heterocycles. The molecule has 2 N–H and O–H groups in total. The van der Waals surface area contributed by atoms with E-state index in [1.165, 1.54) is 24.3 Å². The molecule has 0 fully saturated rings. The van der Waals surface area contributed by atoms with Gasteiger partial charge >= 0.3 is 0 Å². The van der Waals surface area contributed by atoms with Crippen molar-refractivity contribution in [2.24, 2.45) is 4.99 Å². The van der Waals surface area contributed by atoms with Crippen molar-refractivity contribution in [3.8, 4) is 11.5 Å². The van der Waals surface area contributed by atoms with Gasteiger partial charge in [-0.25, -0.2) is 0 Å². The highest BCUT2D eigenvalue weighted by molar-refractivity contribution is 7.94. The first kappa shape index (κ1) is 11.9. The average Bonchev–Trinajstić information content (AvgIpc) is 2.22. The van der Waals surface area contributed by atoms with Crippen molar-refractivity contribution in [1.29, 1.82) is 0 Å². The maximum atomic E-state index is 9.57. The Labute approximate surface area is 92.8 Å². The largest absolute Gasteiger partial charge is 0.507 e. The minimum atomic E-state index is 0.00489. The number of aliphatic hydroxyl groups is 1. The Hall–Kier alpha value is -1.20. The lowest BCUT2D eigenvalue weighted by molar-refractivity contribution is 0.307. The number of benzene rings is 1. The summed E-state index contributed by atoms with van der Waals surface area (Å²) in [6.45, 7) is 0.341. The van der Waals surface area contributed by atoms with Crippen LogP contribution in [0.5, 0.6) is 11.5 Å². The Balaban J connectivity index is 2.74. The van der Waals surface area contributed by atoms with E-state index in [-0.39, 0.29) is 12.4 Å². The topological polar surface area (TPSA) is 62.0 Å². The zero-order valence-corrected chi connectivity index (χ0v) is 9.20. The van der Waals surface area contributed by atoms with Crippen molar-refractivity contribution in [1.82, 2.24) is 0 Å². The van der Waals surface area contributed by atoms with Crippen molar-refractivity contribution in [2.45, 2.75) is 0 Å². The summed E-state index contributed by atoms with van der Waals surface area (Å²) in [7, 11) is 0. The molecule has 82 valence electrons. The maximum absolute atomic E-state index is 9.57. The van der Waals surface area contributed by atoms with E-state index in [9.17, 15) is 5.11 Å². The summed E-state index contributed by atoms with van der Waals surface area (Å²) in [5.74, 6) is 0.711. The molecule has 5 heteroatoms. The van der Waals surface area contributed by atoms with Crippen LogP contribution in [0.4, 0.5) is 0 Å². The highest BCUT2D eigenvalue weighted by Crippen LogP contribution is 2.24. The first-order valence-corrected chi connectivity index (χ1v) is 5.57. The number of aliphatic imine (C=N–C) groups is 1. The summed E-state index contributed by atoms with van der Waals surface area (Å²) in [6, 6.07) is 4.98. The van der Waals surface area contributed by atoms with Gasteiger partial charge < -0.3 is 14.4 Å². The van der Waals surface area contributed by atoms with Gasteiger partial charge in [0.25, 0.3) is 0 Å². The Bertz CT molecular complexity index is 341. The van der Waals surface area contributed by atoms with Gasteiger partial charge in [0.15, 0.2) is 0 Å². The summed E-state index contributed by atoms with van der Waals surface area (Å²) in [5.41, 5.74) is 0.608. The van der Waals surface area contributed by atoms with E-state index in [0.29, 0.717) is 17.9 Å². The molecule has 0 aliphatic rings. The number of hydrogen-bond acceptors (Lipinski definition) is 5. The molecule has 4 nitrogen and oxygen atoms in total. The molecule has 1 aromatic rings. The van der Waals surface area contributed by atoms with Crippen LogP contribution < -0.4 is 4.18 Å². The summed E-state index contributed by atoms with van der Waals surface area (Å²) in [5, 5.41) is 18.1. The van der Waals surface area contributed by atoms with Crippen molar-refractivity contribution in [3.05, 3.63) is 23.8 Å². The summed E-state index contributed by atoms with van der Waals surface area (Å²) in [4.78, 5) is 3.92. The molecule has 1 rings (SSSR count). The fraction of sp³-hybridized carbons (Fsp3) is 0.300. The number of rotatable bonds is 5. The van der Waals surface area contributed by atoms with Gasteiger partial charge in [-0.1, -0.05) is 0 Å². The molecular weight excluding hydrogens is 214 g/mol. The summed E-state index contributed by atoms with van der Waals surface area (Å²) >= 11 is 1.21. The molecule has 0 bridgehead atoms. The van der Waals surface area contributed by atoms with Crippen LogP contribution in [0, 0.1) is 0 Å². The monoisotopic (exact) mass is 227 g/mol. The summed E-state index contributed by atoms with van der Waals surface area (Å²) < 4.78 is 5.14. The number of nitrogens with zero attached hydrogens (tertiary/aromatic N) is 1. The van der Waals surface area contributed by atoms with Gasteiger partial charge in [-0.05, 0) is 12.1 Å². The molecule has 0 saturated heterocycles. The van der Waals surface area contributed by atoms with Crippen LogP contribution in [-0.2, 0) is 0 Å². The number of hydrogen-bond donors (Lipinski definition) is 2. The van der Waals surface area contributed by atoms with E-state index in [1.54, 1.807) is 18.4 Å². The fourth-order valence-electron chi connectivity index (χ4n) is 1.00. The van der Waals surface area contributed by atoms with Crippen molar-refractivity contribution < 1.29 is 14.4 Å². The molecule has 1 aromatic carbocycles. The second-order valence-electron chi connectivity index (χ2n) is 2.73. The van der Waals surface area contributed by atoms with Crippen LogP contribution in [-0.4, -0.2) is 35.8 Å². The number of aliphatic hydroxyl groups excluding tert-OH is 1. The predicted molar refractivity (Wildman–Crippen MR) is 61.8 cm³/mol. The highest BCUT2D eigenvalue weighted by atomic mass is 32.2. The number of phenols is 1. The fourth-order valence-corrected chi connectivity index (χ4v) is 1.30. The first-order chi connectivity index (χ1) is 7.27. The molecule has 15 heavy (non-hydrogen) atoms. The van der Waals surface area contributed by atoms with Crippen LogP contribution >= 0.6 is 12.0 Å². The van der Waals surface area contributed by atoms with Gasteiger partial charge in [-0.2, -0.15) is 0 Å². The molecule has 0 unspecified atom stereocenters. The quantitative estimate of drug-likeness (QED) is 0.590. The summed E-state index contributed by atoms with van der Waals surface area (Å²) in [6.07, 6.45) is 3.32. The Morgan fingerprint density at radius 1 is 1.53 bits per heavy atom. The lowest BCUT2D eigenvalue weighted by Gasteiger charge is -2.03. The van der Waals surface area contributed by atoms with Gasteiger partial charge in [0.1, 0.15) is 11.5 Å². The lowest BCUT2D eigenvalue weighted by atomic mass is 10.2. The lowest BCUT2D eigenvalue weighted by Crippen LogP contribution is -1.90. The normalized spacial score (nSPS) is 10.8. The van der Waals surface area contributed by atoms with Crippen LogP contribution in [0.3, 0.4) is 0 Å². The Morgan fingerprint density at radius 3 is 2.93 bits per heavy atom. The smallest absolute Gasteiger partial charge is 0.141 e. The van der Waals surface area contributed by atoms with Crippen molar-refractivity contribution in [3.63, 3.8) is 0 Å². The zero-order chi connectivity index (χ0) is 11.1. The van der Waals surface area contributed by atoms with Gasteiger partial charge in [0, 0.05) is 24.1 Å². The highest BCUT2D eigenvalue weighted by Gasteiger charge is 2.00. The zero-order valence-electron chi connectivity index (χ0n) is 8.38. The SMILES string of the molecule is CSOc1ccc(C=NCCO)c(O)c1. The third-order valence-electron chi connectivity index (χ3n) is 1.64. The second-order valence-corrected chi connectivity index (χ2v) is 3.23. The van der Waals surface area contributed by atoms with Crippen molar-refractivity contribution >= 4 is 18.3 Å². The van der Waals surface area contributed by atoms with E-state index in [0.717, 1.165) is 0 Å². The Morgan fingerprint density at radius 2 is 2.33 bits per heavy atom. The molecule has 0 amide bonds. The second kappa shape index (κ2) is 6.31. The van der Waals surface area contributed by atoms with E-state index < -0.39 is 0 Å². The molecule has 0 saturated carbocycles. The molecule has 0 heterocycles. The van der Waals surface area contributed by atoms with Crippen LogP contribution in [0.1, 0.15) is 5.56 Å². The third kappa shape index (κ3) is 3.81. The maximum Gasteiger partial charge on any atom is 0.141 e. The minimum absolute atomic E-state index is 0.00489. The molecule has 0 aromatic heterocycles. The van der Waals surface area contributed by atoms with Gasteiger partial charge in [0.2, 0.25) is 0 Å². The van der Waals surface area contributed by atoms with E-state index in [1.807, 2.05) is 0 Å². The molecule has 0 atom stereocenters. The third-order valence-corrected chi connectivity index (χ3v) is 2.00. The molecular formula is C10H13NO3S. The van der Waals surface area contributed by atoms with E-state index in [2.05, 4.69) is 4.99 Å². The standard InChI is InChI=1S/C10H13NO3S/c1-15-14-9-3-2-8(10(13)6-9)7-11-4-5-12/h2-3,6-7,12-13H,4-5H2,1H3. The average molecular weight is 227 g/mol. The van der Waals surface area contributed by atoms with Gasteiger partial charge in [-0.15, -0.1) is 0 Å². The van der Waals surface area contributed by atoms with Crippen LogP contribution in [0.15, 0.2) is 23.2 Å². The van der Waals surface area contributed by atoms with Crippen LogP contribution in [0.25, 0.3) is 0 Å². The molecule has 0 spiro atoms. The first-order valence-electron chi connectivity index (χ1n) is 4.42. The van der Waals surface area contributed by atoms with E-state index >= 15 is 0 Å². The van der Waals surface area contributed by atoms with Crippen molar-refractivity contribution in [2.75, 3.05) is 19.4 Å². The van der Waals surface area contributed by atoms with Gasteiger partial charge in [0.05, 0.1) is 25.2 Å². The predicted octanol–water partition coefficient (Wildman–Crippen LogP) is 1.46. The minimum Gasteiger partial charge on any atom is -0.507 e. The number of phenolic OH excluding ortho intramolecular Hbond substituents is 1.